The highest BCUT2D eigenvalue weighted by atomic mass is 32.2. The molecule has 1 aromatic heterocycles. The lowest BCUT2D eigenvalue weighted by Crippen LogP contribution is -2.26. The van der Waals surface area contributed by atoms with Gasteiger partial charge in [0.25, 0.3) is 5.56 Å². The van der Waals surface area contributed by atoms with Crippen molar-refractivity contribution in [2.45, 2.75) is 11.7 Å². The molecule has 0 saturated carbocycles. The van der Waals surface area contributed by atoms with Gasteiger partial charge in [0.2, 0.25) is 12.7 Å². The number of nitrogens with zero attached hydrogens (tertiary/aromatic N) is 2. The summed E-state index contributed by atoms with van der Waals surface area (Å²) in [7, 11) is 0. The summed E-state index contributed by atoms with van der Waals surface area (Å²) in [6.07, 6.45) is 0. The second-order valence-electron chi connectivity index (χ2n) is 7.26. The van der Waals surface area contributed by atoms with Gasteiger partial charge in [-0.2, -0.15) is 0 Å². The summed E-state index contributed by atoms with van der Waals surface area (Å²) in [6.45, 7) is 0.492. The third kappa shape index (κ3) is 4.27. The van der Waals surface area contributed by atoms with Gasteiger partial charge in [0.15, 0.2) is 16.7 Å². The largest absolute Gasteiger partial charge is 0.454 e. The molecule has 9 heteroatoms. The second kappa shape index (κ2) is 8.95. The Balaban J connectivity index is 1.37. The van der Waals surface area contributed by atoms with Crippen molar-refractivity contribution in [3.63, 3.8) is 0 Å². The normalized spacial score (nSPS) is 12.2. The first-order valence-corrected chi connectivity index (χ1v) is 11.1. The predicted molar refractivity (Wildman–Crippen MR) is 122 cm³/mol. The van der Waals surface area contributed by atoms with Gasteiger partial charge in [-0.25, -0.2) is 9.37 Å². The molecule has 1 N–H and O–H groups in total. The molecule has 7 nitrogen and oxygen atoms in total. The van der Waals surface area contributed by atoms with Crippen LogP contribution in [0.15, 0.2) is 76.7 Å². The first-order valence-electron chi connectivity index (χ1n) is 10.1. The summed E-state index contributed by atoms with van der Waals surface area (Å²) in [5.74, 6) is 0.523. The zero-order valence-corrected chi connectivity index (χ0v) is 18.1. The Morgan fingerprint density at radius 2 is 1.85 bits per heavy atom. The van der Waals surface area contributed by atoms with E-state index in [4.69, 9.17) is 9.47 Å². The van der Waals surface area contributed by atoms with Crippen LogP contribution in [-0.2, 0) is 11.3 Å². The van der Waals surface area contributed by atoms with Crippen molar-refractivity contribution < 1.29 is 18.7 Å². The van der Waals surface area contributed by atoms with Gasteiger partial charge in [-0.05, 0) is 42.0 Å². The molecule has 4 aromatic rings. The van der Waals surface area contributed by atoms with Crippen molar-refractivity contribution in [2.75, 3.05) is 12.5 Å². The Morgan fingerprint density at radius 1 is 1.06 bits per heavy atom. The molecule has 1 amide bonds. The molecule has 0 aliphatic carbocycles. The third-order valence-electron chi connectivity index (χ3n) is 5.10. The van der Waals surface area contributed by atoms with Gasteiger partial charge < -0.3 is 14.8 Å². The average molecular weight is 463 g/mol. The monoisotopic (exact) mass is 463 g/mol. The Kier molecular flexibility index (Phi) is 5.70. The van der Waals surface area contributed by atoms with E-state index in [-0.39, 0.29) is 29.3 Å². The van der Waals surface area contributed by atoms with Gasteiger partial charge in [-0.3, -0.25) is 14.2 Å². The van der Waals surface area contributed by atoms with E-state index in [1.807, 2.05) is 12.1 Å². The quantitative estimate of drug-likeness (QED) is 0.347. The minimum absolute atomic E-state index is 0.00375. The molecule has 33 heavy (non-hydrogen) atoms. The molecule has 166 valence electrons. The van der Waals surface area contributed by atoms with Gasteiger partial charge in [0.1, 0.15) is 5.82 Å². The van der Waals surface area contributed by atoms with E-state index in [1.54, 1.807) is 42.5 Å². The summed E-state index contributed by atoms with van der Waals surface area (Å²) >= 11 is 1.07. The van der Waals surface area contributed by atoms with Crippen LogP contribution in [0.25, 0.3) is 16.6 Å². The topological polar surface area (TPSA) is 82.5 Å². The van der Waals surface area contributed by atoms with Crippen LogP contribution in [0.3, 0.4) is 0 Å². The van der Waals surface area contributed by atoms with E-state index in [0.717, 1.165) is 17.3 Å². The highest BCUT2D eigenvalue weighted by Gasteiger charge is 2.17. The number of hydrogen-bond acceptors (Lipinski definition) is 6. The number of rotatable bonds is 6. The van der Waals surface area contributed by atoms with E-state index >= 15 is 0 Å². The number of amides is 1. The zero-order chi connectivity index (χ0) is 22.8. The number of aromatic nitrogens is 2. The third-order valence-corrected chi connectivity index (χ3v) is 6.04. The van der Waals surface area contributed by atoms with E-state index in [2.05, 4.69) is 10.3 Å². The molecule has 0 bridgehead atoms. The second-order valence-corrected chi connectivity index (χ2v) is 8.20. The maximum absolute atomic E-state index is 14.5. The molecule has 5 rings (SSSR count). The summed E-state index contributed by atoms with van der Waals surface area (Å²) in [4.78, 5) is 30.2. The number of carbonyl (C=O) groups is 1. The molecule has 0 unspecified atom stereocenters. The number of carbonyl (C=O) groups excluding carboxylic acids is 1. The smallest absolute Gasteiger partial charge is 0.266 e. The predicted octanol–water partition coefficient (Wildman–Crippen LogP) is 3.66. The fourth-order valence-corrected chi connectivity index (χ4v) is 4.32. The number of ether oxygens (including phenoxy) is 2. The SMILES string of the molecule is O=C(CSc1nc2ccccc2c(=O)n1-c1ccccc1F)NCc1ccc2c(c1)OCO2. The average Bonchev–Trinajstić information content (AvgIpc) is 3.30. The number of thioether (sulfide) groups is 1. The fraction of sp³-hybridized carbons (Fsp3) is 0.125. The maximum atomic E-state index is 14.5. The fourth-order valence-electron chi connectivity index (χ4n) is 3.49. The van der Waals surface area contributed by atoms with Crippen molar-refractivity contribution >= 4 is 28.6 Å². The van der Waals surface area contributed by atoms with Gasteiger partial charge in [0.05, 0.1) is 22.3 Å². The molecule has 2 heterocycles. The van der Waals surface area contributed by atoms with Crippen LogP contribution < -0.4 is 20.3 Å². The van der Waals surface area contributed by atoms with Gasteiger partial charge in [0, 0.05) is 6.54 Å². The lowest BCUT2D eigenvalue weighted by molar-refractivity contribution is -0.118. The summed E-state index contributed by atoms with van der Waals surface area (Å²) in [5.41, 5.74) is 1.04. The van der Waals surface area contributed by atoms with E-state index < -0.39 is 11.4 Å². The standard InChI is InChI=1S/C24H18FN3O4S/c25-17-6-2-4-8-19(17)28-23(30)16-5-1-3-7-18(16)27-24(28)33-13-22(29)26-12-15-9-10-20-21(11-15)32-14-31-20/h1-11H,12-14H2,(H,26,29). The van der Waals surface area contributed by atoms with Gasteiger partial charge >= 0.3 is 0 Å². The Labute approximate surface area is 192 Å². The molecular weight excluding hydrogens is 445 g/mol. The molecule has 0 fully saturated rings. The number of benzene rings is 3. The lowest BCUT2D eigenvalue weighted by atomic mass is 10.2. The van der Waals surface area contributed by atoms with Crippen molar-refractivity contribution in [2.24, 2.45) is 0 Å². The Morgan fingerprint density at radius 3 is 2.73 bits per heavy atom. The van der Waals surface area contributed by atoms with Crippen molar-refractivity contribution in [1.29, 1.82) is 0 Å². The number of nitrogens with one attached hydrogen (secondary N) is 1. The highest BCUT2D eigenvalue weighted by molar-refractivity contribution is 7.99. The first kappa shape index (κ1) is 21.0. The molecule has 1 aliphatic heterocycles. The molecule has 1 aliphatic rings. The number of hydrogen-bond donors (Lipinski definition) is 1. The van der Waals surface area contributed by atoms with Crippen LogP contribution in [0.2, 0.25) is 0 Å². The summed E-state index contributed by atoms with van der Waals surface area (Å²) in [6, 6.07) is 18.3. The molecule has 0 spiro atoms. The van der Waals surface area contributed by atoms with Crippen molar-refractivity contribution in [3.8, 4) is 17.2 Å². The first-order chi connectivity index (χ1) is 16.1. The Bertz CT molecular complexity index is 1420. The maximum Gasteiger partial charge on any atom is 0.266 e. The van der Waals surface area contributed by atoms with Gasteiger partial charge in [-0.15, -0.1) is 0 Å². The van der Waals surface area contributed by atoms with Crippen LogP contribution in [0.1, 0.15) is 5.56 Å². The number of fused-ring (bicyclic) bond motifs is 2. The zero-order valence-electron chi connectivity index (χ0n) is 17.3. The summed E-state index contributed by atoms with van der Waals surface area (Å²) in [5, 5.41) is 3.45. The van der Waals surface area contributed by atoms with Gasteiger partial charge in [-0.1, -0.05) is 42.1 Å². The van der Waals surface area contributed by atoms with E-state index in [9.17, 15) is 14.0 Å². The molecule has 0 atom stereocenters. The van der Waals surface area contributed by atoms with Crippen LogP contribution in [-0.4, -0.2) is 28.0 Å². The minimum Gasteiger partial charge on any atom is -0.454 e. The molecule has 0 radical (unpaired) electrons. The summed E-state index contributed by atoms with van der Waals surface area (Å²) < 4.78 is 26.4. The van der Waals surface area contributed by atoms with Crippen LogP contribution >= 0.6 is 11.8 Å². The van der Waals surface area contributed by atoms with Crippen LogP contribution in [0.5, 0.6) is 11.5 Å². The number of para-hydroxylation sites is 2. The number of halogens is 1. The molecule has 3 aromatic carbocycles. The molecular formula is C24H18FN3O4S. The lowest BCUT2D eigenvalue weighted by Gasteiger charge is -2.14. The Hall–Kier alpha value is -3.85. The highest BCUT2D eigenvalue weighted by Crippen LogP contribution is 2.32. The minimum atomic E-state index is -0.550. The van der Waals surface area contributed by atoms with Crippen LogP contribution in [0, 0.1) is 5.82 Å². The van der Waals surface area contributed by atoms with Crippen molar-refractivity contribution in [3.05, 3.63) is 88.5 Å². The van der Waals surface area contributed by atoms with Crippen LogP contribution in [0.4, 0.5) is 4.39 Å². The van der Waals surface area contributed by atoms with Crippen molar-refractivity contribution in [1.82, 2.24) is 14.9 Å². The van der Waals surface area contributed by atoms with E-state index in [1.165, 1.54) is 16.7 Å². The van der Waals surface area contributed by atoms with E-state index in [0.29, 0.717) is 28.9 Å². The molecule has 0 saturated heterocycles.